The number of carbonyl (C=O) groups excluding carboxylic acids is 2. The third kappa shape index (κ3) is 5.27. The second-order valence-electron chi connectivity index (χ2n) is 5.03. The predicted octanol–water partition coefficient (Wildman–Crippen LogP) is 1.76. The average molecular weight is 283 g/mol. The van der Waals surface area contributed by atoms with Gasteiger partial charge in [-0.25, -0.2) is 4.79 Å². The van der Waals surface area contributed by atoms with E-state index in [-0.39, 0.29) is 18.9 Å². The first kappa shape index (κ1) is 18.5. The fraction of sp³-hybridized carbons (Fsp3) is 0.600. The Kier molecular flexibility index (Phi) is 7.39. The molecule has 20 heavy (non-hydrogen) atoms. The van der Waals surface area contributed by atoms with Gasteiger partial charge in [-0.05, 0) is 26.3 Å². The van der Waals surface area contributed by atoms with E-state index in [9.17, 15) is 9.59 Å². The summed E-state index contributed by atoms with van der Waals surface area (Å²) in [7, 11) is 0. The first-order valence-corrected chi connectivity index (χ1v) is 6.63. The van der Waals surface area contributed by atoms with Crippen LogP contribution >= 0.6 is 0 Å². The van der Waals surface area contributed by atoms with Crippen molar-refractivity contribution in [2.24, 2.45) is 5.73 Å². The molecule has 2 unspecified atom stereocenters. The smallest absolute Gasteiger partial charge is 0.330 e. The molecule has 2 atom stereocenters. The van der Waals surface area contributed by atoms with E-state index in [2.05, 4.69) is 13.2 Å². The Morgan fingerprint density at radius 1 is 1.25 bits per heavy atom. The number of rotatable bonds is 10. The molecule has 0 rings (SSSR count). The molecule has 0 aromatic rings. The highest BCUT2D eigenvalue weighted by Gasteiger charge is 2.32. The van der Waals surface area contributed by atoms with Crippen molar-refractivity contribution in [1.29, 1.82) is 0 Å². The highest BCUT2D eigenvalue weighted by molar-refractivity contribution is 5.96. The van der Waals surface area contributed by atoms with Gasteiger partial charge >= 0.3 is 5.97 Å². The van der Waals surface area contributed by atoms with Crippen molar-refractivity contribution in [1.82, 2.24) is 0 Å². The van der Waals surface area contributed by atoms with Gasteiger partial charge in [0.1, 0.15) is 11.2 Å². The molecule has 5 heteroatoms. The van der Waals surface area contributed by atoms with Crippen LogP contribution in [-0.4, -0.2) is 36.1 Å². The predicted molar refractivity (Wildman–Crippen MR) is 78.2 cm³/mol. The van der Waals surface area contributed by atoms with Gasteiger partial charge < -0.3 is 15.2 Å². The Labute approximate surface area is 120 Å². The van der Waals surface area contributed by atoms with E-state index in [1.807, 2.05) is 13.8 Å². The molecular weight excluding hydrogens is 258 g/mol. The third-order valence-electron chi connectivity index (χ3n) is 3.41. The number of hydrogen-bond donors (Lipinski definition) is 1. The van der Waals surface area contributed by atoms with E-state index >= 15 is 0 Å². The highest BCUT2D eigenvalue weighted by Crippen LogP contribution is 2.22. The summed E-state index contributed by atoms with van der Waals surface area (Å²) in [6, 6.07) is 0. The lowest BCUT2D eigenvalue weighted by Crippen LogP contribution is -2.45. The molecule has 2 N–H and O–H groups in total. The molecule has 0 aliphatic rings. The zero-order chi connectivity index (χ0) is 15.8. The second-order valence-corrected chi connectivity index (χ2v) is 5.03. The summed E-state index contributed by atoms with van der Waals surface area (Å²) in [4.78, 5) is 23.0. The first-order valence-electron chi connectivity index (χ1n) is 6.63. The Morgan fingerprint density at radius 3 is 2.25 bits per heavy atom. The number of hydrogen-bond acceptors (Lipinski definition) is 5. The van der Waals surface area contributed by atoms with Gasteiger partial charge in [0.2, 0.25) is 0 Å². The molecule has 0 fully saturated rings. The molecule has 0 spiro atoms. The minimum atomic E-state index is -1.08. The molecule has 0 radical (unpaired) electrons. The summed E-state index contributed by atoms with van der Waals surface area (Å²) in [5.74, 6) is -0.737. The van der Waals surface area contributed by atoms with Crippen LogP contribution in [0.4, 0.5) is 0 Å². The minimum absolute atomic E-state index is 0.0626. The molecule has 0 bridgehead atoms. The van der Waals surface area contributed by atoms with Gasteiger partial charge in [0, 0.05) is 19.0 Å². The number of nitrogens with two attached hydrogens (primary N) is 1. The lowest BCUT2D eigenvalue weighted by molar-refractivity contribution is -0.157. The standard InChI is InChI=1S/C15H25NO4/c1-6-12(17)15(5,11-16)19-10-9-14(4,8-3)20-13(18)7-2/h6-7H,1-2,8-11,16H2,3-5H3. The van der Waals surface area contributed by atoms with Gasteiger partial charge in [0.15, 0.2) is 5.78 Å². The van der Waals surface area contributed by atoms with Gasteiger partial charge in [-0.2, -0.15) is 0 Å². The van der Waals surface area contributed by atoms with E-state index in [1.165, 1.54) is 6.08 Å². The maximum atomic E-state index is 11.7. The van der Waals surface area contributed by atoms with Crippen LogP contribution in [0.5, 0.6) is 0 Å². The van der Waals surface area contributed by atoms with E-state index in [0.717, 1.165) is 6.08 Å². The molecule has 0 amide bonds. The summed E-state index contributed by atoms with van der Waals surface area (Å²) in [6.07, 6.45) is 3.41. The van der Waals surface area contributed by atoms with Gasteiger partial charge in [0.05, 0.1) is 6.61 Å². The van der Waals surface area contributed by atoms with Gasteiger partial charge in [0.25, 0.3) is 0 Å². The van der Waals surface area contributed by atoms with Gasteiger partial charge in [-0.1, -0.05) is 20.1 Å². The van der Waals surface area contributed by atoms with E-state index in [1.54, 1.807) is 6.92 Å². The van der Waals surface area contributed by atoms with Crippen molar-refractivity contribution < 1.29 is 19.1 Å². The lowest BCUT2D eigenvalue weighted by Gasteiger charge is -2.31. The Bertz CT molecular complexity index is 380. The Hall–Kier alpha value is -1.46. The van der Waals surface area contributed by atoms with Crippen molar-refractivity contribution >= 4 is 11.8 Å². The van der Waals surface area contributed by atoms with Crippen LogP contribution in [0.2, 0.25) is 0 Å². The van der Waals surface area contributed by atoms with Gasteiger partial charge in [-0.3, -0.25) is 4.79 Å². The maximum absolute atomic E-state index is 11.7. The van der Waals surface area contributed by atoms with Crippen molar-refractivity contribution in [2.45, 2.75) is 44.8 Å². The van der Waals surface area contributed by atoms with Crippen molar-refractivity contribution in [2.75, 3.05) is 13.2 Å². The van der Waals surface area contributed by atoms with Crippen molar-refractivity contribution in [3.63, 3.8) is 0 Å². The number of esters is 1. The normalized spacial score (nSPS) is 16.6. The third-order valence-corrected chi connectivity index (χ3v) is 3.41. The molecule has 5 nitrogen and oxygen atoms in total. The SMILES string of the molecule is C=CC(=O)OC(C)(CC)CCOC(C)(CN)C(=O)C=C. The van der Waals surface area contributed by atoms with Gasteiger partial charge in [-0.15, -0.1) is 0 Å². The monoisotopic (exact) mass is 283 g/mol. The summed E-state index contributed by atoms with van der Waals surface area (Å²) in [5.41, 5.74) is 3.84. The molecule has 0 heterocycles. The molecule has 0 saturated carbocycles. The molecule has 0 aliphatic carbocycles. The summed E-state index contributed by atoms with van der Waals surface area (Å²) < 4.78 is 10.9. The van der Waals surface area contributed by atoms with Crippen LogP contribution in [0, 0.1) is 0 Å². The summed E-state index contributed by atoms with van der Waals surface area (Å²) in [6.45, 7) is 12.5. The van der Waals surface area contributed by atoms with Crippen LogP contribution < -0.4 is 5.73 Å². The quantitative estimate of drug-likeness (QED) is 0.488. The number of carbonyl (C=O) groups is 2. The first-order chi connectivity index (χ1) is 9.26. The molecule has 0 aliphatic heterocycles. The van der Waals surface area contributed by atoms with Crippen molar-refractivity contribution in [3.05, 3.63) is 25.3 Å². The van der Waals surface area contributed by atoms with E-state index < -0.39 is 17.2 Å². The summed E-state index contributed by atoms with van der Waals surface area (Å²) in [5, 5.41) is 0. The largest absolute Gasteiger partial charge is 0.456 e. The van der Waals surface area contributed by atoms with Crippen LogP contribution in [-0.2, 0) is 19.1 Å². The van der Waals surface area contributed by atoms with E-state index in [0.29, 0.717) is 12.8 Å². The molecule has 0 saturated heterocycles. The van der Waals surface area contributed by atoms with Crippen molar-refractivity contribution in [3.8, 4) is 0 Å². The lowest BCUT2D eigenvalue weighted by atomic mass is 9.98. The summed E-state index contributed by atoms with van der Waals surface area (Å²) >= 11 is 0. The average Bonchev–Trinajstić information content (AvgIpc) is 2.45. The number of ketones is 1. The topological polar surface area (TPSA) is 78.6 Å². The van der Waals surface area contributed by atoms with Crippen LogP contribution in [0.15, 0.2) is 25.3 Å². The molecule has 0 aromatic heterocycles. The molecule has 114 valence electrons. The fourth-order valence-corrected chi connectivity index (χ4v) is 1.52. The van der Waals surface area contributed by atoms with Crippen LogP contribution in [0.25, 0.3) is 0 Å². The second kappa shape index (κ2) is 7.97. The minimum Gasteiger partial charge on any atom is -0.456 e. The van der Waals surface area contributed by atoms with Crippen LogP contribution in [0.1, 0.15) is 33.6 Å². The zero-order valence-electron chi connectivity index (χ0n) is 12.6. The molecular formula is C15H25NO4. The van der Waals surface area contributed by atoms with E-state index in [4.69, 9.17) is 15.2 Å². The maximum Gasteiger partial charge on any atom is 0.330 e. The Morgan fingerprint density at radius 2 is 1.85 bits per heavy atom. The molecule has 0 aromatic carbocycles. The highest BCUT2D eigenvalue weighted by atomic mass is 16.6. The van der Waals surface area contributed by atoms with Crippen LogP contribution in [0.3, 0.4) is 0 Å². The fourth-order valence-electron chi connectivity index (χ4n) is 1.52. The zero-order valence-corrected chi connectivity index (χ0v) is 12.6. The Balaban J connectivity index is 4.58. The number of ether oxygens (including phenoxy) is 2.